The van der Waals surface area contributed by atoms with Crippen molar-refractivity contribution in [1.82, 2.24) is 15.1 Å². The number of aromatic nitrogens is 2. The number of ether oxygens (including phenoxy) is 1. The molecule has 3 aromatic rings. The molecule has 0 radical (unpaired) electrons. The zero-order chi connectivity index (χ0) is 18.6. The maximum absolute atomic E-state index is 12.8. The maximum atomic E-state index is 12.8. The zero-order valence-corrected chi connectivity index (χ0v) is 15.2. The second-order valence-electron chi connectivity index (χ2n) is 6.49. The minimum atomic E-state index is -0.0226. The Morgan fingerprint density at radius 3 is 2.52 bits per heavy atom. The highest BCUT2D eigenvalue weighted by Gasteiger charge is 2.21. The monoisotopic (exact) mass is 359 g/mol. The molecule has 0 aliphatic carbocycles. The van der Waals surface area contributed by atoms with Gasteiger partial charge < -0.3 is 9.64 Å². The molecule has 0 atom stereocenters. The third-order valence-corrected chi connectivity index (χ3v) is 4.83. The van der Waals surface area contributed by atoms with Crippen LogP contribution in [0.2, 0.25) is 0 Å². The molecule has 0 bridgehead atoms. The predicted octanol–water partition coefficient (Wildman–Crippen LogP) is 4.01. The second kappa shape index (κ2) is 7.50. The maximum Gasteiger partial charge on any atom is 0.272 e. The van der Waals surface area contributed by atoms with E-state index in [1.54, 1.807) is 13.2 Å². The van der Waals surface area contributed by atoms with Gasteiger partial charge in [-0.25, -0.2) is 0 Å². The van der Waals surface area contributed by atoms with Gasteiger partial charge in [-0.1, -0.05) is 36.4 Å². The molecule has 1 aliphatic rings. The van der Waals surface area contributed by atoms with Gasteiger partial charge in [0.25, 0.3) is 5.91 Å². The van der Waals surface area contributed by atoms with Crippen LogP contribution in [0.5, 0.6) is 5.75 Å². The summed E-state index contributed by atoms with van der Waals surface area (Å²) in [6, 6.07) is 19.7. The molecule has 0 fully saturated rings. The Morgan fingerprint density at radius 2 is 1.85 bits per heavy atom. The molecule has 136 valence electrons. The fraction of sp³-hybridized carbons (Fsp3) is 0.182. The molecule has 2 heterocycles. The molecule has 4 rings (SSSR count). The molecule has 1 amide bonds. The van der Waals surface area contributed by atoms with Gasteiger partial charge >= 0.3 is 0 Å². The van der Waals surface area contributed by atoms with Crippen molar-refractivity contribution in [3.8, 4) is 17.0 Å². The first-order valence-electron chi connectivity index (χ1n) is 8.98. The molecular formula is C22H21N3O2. The van der Waals surface area contributed by atoms with E-state index in [2.05, 4.69) is 28.4 Å². The number of hydrogen-bond acceptors (Lipinski definition) is 3. The SMILES string of the molecule is COc1ccc(-c2cc(C(=O)N3CC=C(c4ccccc4)CC3)[nH]n2)cc1. The van der Waals surface area contributed by atoms with Crippen molar-refractivity contribution < 1.29 is 9.53 Å². The predicted molar refractivity (Wildman–Crippen MR) is 106 cm³/mol. The van der Waals surface area contributed by atoms with Crippen molar-refractivity contribution in [2.45, 2.75) is 6.42 Å². The molecule has 0 saturated carbocycles. The Kier molecular flexibility index (Phi) is 4.75. The summed E-state index contributed by atoms with van der Waals surface area (Å²) >= 11 is 0. The molecule has 0 saturated heterocycles. The average molecular weight is 359 g/mol. The molecule has 1 aliphatic heterocycles. The number of nitrogens with one attached hydrogen (secondary N) is 1. The van der Waals surface area contributed by atoms with Gasteiger partial charge in [0, 0.05) is 18.7 Å². The summed E-state index contributed by atoms with van der Waals surface area (Å²) in [4.78, 5) is 14.6. The van der Waals surface area contributed by atoms with Crippen LogP contribution in [-0.2, 0) is 0 Å². The van der Waals surface area contributed by atoms with E-state index < -0.39 is 0 Å². The highest BCUT2D eigenvalue weighted by Crippen LogP contribution is 2.24. The van der Waals surface area contributed by atoms with Crippen molar-refractivity contribution in [1.29, 1.82) is 0 Å². The normalized spacial score (nSPS) is 14.0. The van der Waals surface area contributed by atoms with Gasteiger partial charge in [-0.15, -0.1) is 0 Å². The van der Waals surface area contributed by atoms with Crippen LogP contribution < -0.4 is 4.74 Å². The van der Waals surface area contributed by atoms with Crippen molar-refractivity contribution in [2.24, 2.45) is 0 Å². The lowest BCUT2D eigenvalue weighted by molar-refractivity contribution is 0.0767. The fourth-order valence-corrected chi connectivity index (χ4v) is 3.28. The van der Waals surface area contributed by atoms with Gasteiger partial charge in [-0.05, 0) is 47.9 Å². The lowest BCUT2D eigenvalue weighted by Gasteiger charge is -2.26. The van der Waals surface area contributed by atoms with E-state index in [1.165, 1.54) is 11.1 Å². The van der Waals surface area contributed by atoms with Crippen LogP contribution in [0.25, 0.3) is 16.8 Å². The van der Waals surface area contributed by atoms with Gasteiger partial charge in [0.15, 0.2) is 0 Å². The van der Waals surface area contributed by atoms with Gasteiger partial charge in [0.2, 0.25) is 0 Å². The van der Waals surface area contributed by atoms with E-state index in [1.807, 2.05) is 47.4 Å². The van der Waals surface area contributed by atoms with Gasteiger partial charge in [-0.3, -0.25) is 9.89 Å². The van der Waals surface area contributed by atoms with Crippen LogP contribution in [0.4, 0.5) is 0 Å². The number of nitrogens with zero attached hydrogens (tertiary/aromatic N) is 2. The van der Waals surface area contributed by atoms with E-state index >= 15 is 0 Å². The third kappa shape index (κ3) is 3.62. The number of benzene rings is 2. The second-order valence-corrected chi connectivity index (χ2v) is 6.49. The molecule has 27 heavy (non-hydrogen) atoms. The first-order valence-corrected chi connectivity index (χ1v) is 8.98. The third-order valence-electron chi connectivity index (χ3n) is 4.83. The number of carbonyl (C=O) groups excluding carboxylic acids is 1. The van der Waals surface area contributed by atoms with E-state index in [9.17, 15) is 4.79 Å². The molecule has 2 aromatic carbocycles. The van der Waals surface area contributed by atoms with Crippen LogP contribution in [0.1, 0.15) is 22.5 Å². The first kappa shape index (κ1) is 17.1. The van der Waals surface area contributed by atoms with Crippen molar-refractivity contribution in [3.63, 3.8) is 0 Å². The summed E-state index contributed by atoms with van der Waals surface area (Å²) in [6.07, 6.45) is 2.99. The number of rotatable bonds is 4. The quantitative estimate of drug-likeness (QED) is 0.765. The minimum Gasteiger partial charge on any atom is -0.497 e. The standard InChI is InChI=1S/C22H21N3O2/c1-27-19-9-7-18(8-10-19)20-15-21(24-23-20)22(26)25-13-11-17(12-14-25)16-5-3-2-4-6-16/h2-11,15H,12-14H2,1H3,(H,23,24). The Hall–Kier alpha value is -3.34. The van der Waals surface area contributed by atoms with Gasteiger partial charge in [0.1, 0.15) is 11.4 Å². The number of H-pyrrole nitrogens is 1. The average Bonchev–Trinajstić information content (AvgIpc) is 3.24. The topological polar surface area (TPSA) is 58.2 Å². The Labute approximate surface area is 158 Å². The van der Waals surface area contributed by atoms with Crippen molar-refractivity contribution in [2.75, 3.05) is 20.2 Å². The summed E-state index contributed by atoms with van der Waals surface area (Å²) in [5, 5.41) is 7.17. The van der Waals surface area contributed by atoms with Crippen LogP contribution in [0, 0.1) is 0 Å². The molecule has 5 heteroatoms. The molecule has 5 nitrogen and oxygen atoms in total. The lowest BCUT2D eigenvalue weighted by Crippen LogP contribution is -2.34. The number of carbonyl (C=O) groups is 1. The van der Waals surface area contributed by atoms with Crippen LogP contribution in [0.15, 0.2) is 66.7 Å². The van der Waals surface area contributed by atoms with E-state index in [0.29, 0.717) is 18.8 Å². The summed E-state index contributed by atoms with van der Waals surface area (Å²) < 4.78 is 5.17. The minimum absolute atomic E-state index is 0.0226. The summed E-state index contributed by atoms with van der Waals surface area (Å²) in [7, 11) is 1.64. The highest BCUT2D eigenvalue weighted by molar-refractivity contribution is 5.94. The van der Waals surface area contributed by atoms with E-state index in [4.69, 9.17) is 4.74 Å². The van der Waals surface area contributed by atoms with Crippen LogP contribution in [-0.4, -0.2) is 41.2 Å². The first-order chi connectivity index (χ1) is 13.2. The smallest absolute Gasteiger partial charge is 0.272 e. The van der Waals surface area contributed by atoms with Crippen molar-refractivity contribution >= 4 is 11.5 Å². The summed E-state index contributed by atoms with van der Waals surface area (Å²) in [6.45, 7) is 1.32. The number of aromatic amines is 1. The lowest BCUT2D eigenvalue weighted by atomic mass is 9.99. The molecule has 0 unspecified atom stereocenters. The molecule has 0 spiro atoms. The molecule has 1 aromatic heterocycles. The Balaban J connectivity index is 1.46. The van der Waals surface area contributed by atoms with Crippen molar-refractivity contribution in [3.05, 3.63) is 78.0 Å². The number of methoxy groups -OCH3 is 1. The Morgan fingerprint density at radius 1 is 1.07 bits per heavy atom. The highest BCUT2D eigenvalue weighted by atomic mass is 16.5. The number of amides is 1. The van der Waals surface area contributed by atoms with Crippen LogP contribution in [0.3, 0.4) is 0 Å². The summed E-state index contributed by atoms with van der Waals surface area (Å²) in [5.41, 5.74) is 4.73. The largest absolute Gasteiger partial charge is 0.497 e. The van der Waals surface area contributed by atoms with Crippen LogP contribution >= 0.6 is 0 Å². The zero-order valence-electron chi connectivity index (χ0n) is 15.2. The summed E-state index contributed by atoms with van der Waals surface area (Å²) in [5.74, 6) is 0.769. The molecular weight excluding hydrogens is 338 g/mol. The Bertz CT molecular complexity index is 959. The fourth-order valence-electron chi connectivity index (χ4n) is 3.28. The molecule has 1 N–H and O–H groups in total. The number of hydrogen-bond donors (Lipinski definition) is 1. The van der Waals surface area contributed by atoms with Gasteiger partial charge in [0.05, 0.1) is 12.8 Å². The van der Waals surface area contributed by atoms with E-state index in [0.717, 1.165) is 23.4 Å². The van der Waals surface area contributed by atoms with Gasteiger partial charge in [-0.2, -0.15) is 5.10 Å². The van der Waals surface area contributed by atoms with E-state index in [-0.39, 0.29) is 5.91 Å².